The summed E-state index contributed by atoms with van der Waals surface area (Å²) in [6.07, 6.45) is 8.40. The van der Waals surface area contributed by atoms with Gasteiger partial charge in [0.2, 0.25) is 0 Å². The van der Waals surface area contributed by atoms with Crippen molar-refractivity contribution in [1.82, 2.24) is 0 Å². The zero-order chi connectivity index (χ0) is 13.4. The zero-order valence-corrected chi connectivity index (χ0v) is 15.1. The first kappa shape index (κ1) is 16.0. The van der Waals surface area contributed by atoms with Gasteiger partial charge in [0.25, 0.3) is 0 Å². The van der Waals surface area contributed by atoms with Gasteiger partial charge in [-0.2, -0.15) is 0 Å². The molecule has 0 nitrogen and oxygen atoms in total. The van der Waals surface area contributed by atoms with E-state index in [0.717, 1.165) is 0 Å². The summed E-state index contributed by atoms with van der Waals surface area (Å²) in [4.78, 5) is 0. The van der Waals surface area contributed by atoms with E-state index in [9.17, 15) is 0 Å². The van der Waals surface area contributed by atoms with Gasteiger partial charge in [-0.25, -0.2) is 0 Å². The van der Waals surface area contributed by atoms with Gasteiger partial charge >= 0.3 is 0 Å². The largest absolute Gasteiger partial charge is 0.0654 e. The highest BCUT2D eigenvalue weighted by atomic mass is 79.9. The molecule has 1 aromatic carbocycles. The highest BCUT2D eigenvalue weighted by Crippen LogP contribution is 2.30. The predicted octanol–water partition coefficient (Wildman–Crippen LogP) is 4.80. The third-order valence-corrected chi connectivity index (χ3v) is 6.18. The normalized spacial score (nSPS) is 12.4. The molecule has 0 spiro atoms. The number of benzene rings is 1. The van der Waals surface area contributed by atoms with Crippen LogP contribution in [0.1, 0.15) is 59.3 Å². The molecule has 0 bridgehead atoms. The molecule has 0 amide bonds. The van der Waals surface area contributed by atoms with Gasteiger partial charge in [0.05, 0.1) is 9.52 Å². The summed E-state index contributed by atoms with van der Waals surface area (Å²) in [6.45, 7) is 7.20. The van der Waals surface area contributed by atoms with Gasteiger partial charge in [-0.05, 0) is 17.2 Å². The molecular formula is C16H27BrSi. The summed E-state index contributed by atoms with van der Waals surface area (Å²) < 4.78 is 1.23. The average Bonchev–Trinajstić information content (AvgIpc) is 2.28. The van der Waals surface area contributed by atoms with E-state index in [-0.39, 0.29) is 9.52 Å². The van der Waals surface area contributed by atoms with Gasteiger partial charge in [0, 0.05) is 4.47 Å². The molecule has 1 rings (SSSR count). The second-order valence-corrected chi connectivity index (χ2v) is 10.1. The molecule has 0 atom stereocenters. The number of hydrogen-bond donors (Lipinski definition) is 0. The molecule has 1 aromatic rings. The Morgan fingerprint density at radius 2 is 1.83 bits per heavy atom. The smallest absolute Gasteiger partial charge is 0.0604 e. The van der Waals surface area contributed by atoms with Crippen molar-refractivity contribution in [2.45, 2.75) is 64.3 Å². The minimum absolute atomic E-state index is 0.174. The second-order valence-electron chi connectivity index (χ2n) is 6.14. The Balaban J connectivity index is 2.34. The van der Waals surface area contributed by atoms with Crippen LogP contribution >= 0.6 is 15.9 Å². The summed E-state index contributed by atoms with van der Waals surface area (Å²) in [5.74, 6) is 0. The summed E-state index contributed by atoms with van der Waals surface area (Å²) >= 11 is 3.57. The van der Waals surface area contributed by atoms with E-state index in [1.807, 2.05) is 0 Å². The van der Waals surface area contributed by atoms with E-state index in [1.165, 1.54) is 43.0 Å². The van der Waals surface area contributed by atoms with E-state index in [4.69, 9.17) is 0 Å². The molecule has 0 radical (unpaired) electrons. The second kappa shape index (κ2) is 8.16. The van der Waals surface area contributed by atoms with Crippen molar-refractivity contribution in [3.8, 4) is 0 Å². The van der Waals surface area contributed by atoms with Crippen molar-refractivity contribution in [2.24, 2.45) is 0 Å². The molecular weight excluding hydrogens is 300 g/mol. The number of rotatable bonds is 8. The third kappa shape index (κ3) is 6.74. The van der Waals surface area contributed by atoms with Gasteiger partial charge in [-0.15, -0.1) is 0 Å². The minimum Gasteiger partial charge on any atom is -0.0654 e. The lowest BCUT2D eigenvalue weighted by atomic mass is 10.0. The first-order valence-corrected chi connectivity index (χ1v) is 9.49. The van der Waals surface area contributed by atoms with Crippen LogP contribution in [0.3, 0.4) is 0 Å². The molecule has 0 heterocycles. The van der Waals surface area contributed by atoms with Gasteiger partial charge in [-0.1, -0.05) is 92.5 Å². The van der Waals surface area contributed by atoms with Crippen molar-refractivity contribution < 1.29 is 0 Å². The Morgan fingerprint density at radius 1 is 1.11 bits per heavy atom. The van der Waals surface area contributed by atoms with Crippen molar-refractivity contribution in [3.63, 3.8) is 0 Å². The quantitative estimate of drug-likeness (QED) is 0.475. The maximum atomic E-state index is 3.57. The molecule has 102 valence electrons. The Bertz CT molecular complexity index is 347. The first-order valence-electron chi connectivity index (χ1n) is 7.28. The summed E-state index contributed by atoms with van der Waals surface area (Å²) in [5, 5.41) is 2.15. The lowest BCUT2D eigenvalue weighted by Crippen LogP contribution is -2.25. The van der Waals surface area contributed by atoms with Crippen molar-refractivity contribution in [1.29, 1.82) is 0 Å². The highest BCUT2D eigenvalue weighted by Gasteiger charge is 2.18. The highest BCUT2D eigenvalue weighted by molar-refractivity contribution is 9.10. The molecule has 18 heavy (non-hydrogen) atoms. The van der Waals surface area contributed by atoms with Gasteiger partial charge in [0.15, 0.2) is 0 Å². The maximum absolute atomic E-state index is 3.57. The fourth-order valence-corrected chi connectivity index (χ4v) is 5.35. The van der Waals surface area contributed by atoms with Crippen LogP contribution in [0, 0.1) is 0 Å². The van der Waals surface area contributed by atoms with Gasteiger partial charge in [-0.3, -0.25) is 0 Å². The van der Waals surface area contributed by atoms with E-state index in [2.05, 4.69) is 61.0 Å². The summed E-state index contributed by atoms with van der Waals surface area (Å²) in [5.41, 5.74) is 0. The van der Waals surface area contributed by atoms with Crippen LogP contribution in [-0.2, 0) is 0 Å². The molecule has 2 heteroatoms. The van der Waals surface area contributed by atoms with Crippen LogP contribution in [0.25, 0.3) is 0 Å². The summed E-state index contributed by atoms with van der Waals surface area (Å²) in [6, 6.07) is 8.90. The SMILES string of the molecule is CCCCCCCC(C)(C)[SiH2]c1cccc(Br)c1. The van der Waals surface area contributed by atoms with Gasteiger partial charge in [0.1, 0.15) is 0 Å². The molecule has 0 aliphatic heterocycles. The molecule has 0 aromatic heterocycles. The molecule has 0 saturated heterocycles. The number of halogens is 1. The van der Waals surface area contributed by atoms with Crippen LogP contribution in [0.4, 0.5) is 0 Å². The fraction of sp³-hybridized carbons (Fsp3) is 0.625. The first-order chi connectivity index (χ1) is 8.53. The molecule has 0 fully saturated rings. The monoisotopic (exact) mass is 326 g/mol. The number of hydrogen-bond acceptors (Lipinski definition) is 0. The zero-order valence-electron chi connectivity index (χ0n) is 12.1. The Hall–Kier alpha value is -0.0831. The molecule has 0 aliphatic carbocycles. The lowest BCUT2D eigenvalue weighted by Gasteiger charge is -2.24. The minimum atomic E-state index is -0.174. The van der Waals surface area contributed by atoms with Crippen molar-refractivity contribution in [3.05, 3.63) is 28.7 Å². The average molecular weight is 327 g/mol. The Kier molecular flexibility index (Phi) is 7.24. The third-order valence-electron chi connectivity index (χ3n) is 3.53. The van der Waals surface area contributed by atoms with Crippen LogP contribution in [0.2, 0.25) is 5.04 Å². The van der Waals surface area contributed by atoms with Crippen LogP contribution in [-0.4, -0.2) is 9.52 Å². The van der Waals surface area contributed by atoms with E-state index >= 15 is 0 Å². The van der Waals surface area contributed by atoms with Crippen molar-refractivity contribution >= 4 is 30.6 Å². The van der Waals surface area contributed by atoms with Crippen molar-refractivity contribution in [2.75, 3.05) is 0 Å². The number of unbranched alkanes of at least 4 members (excludes halogenated alkanes) is 4. The Labute approximate surface area is 124 Å². The Morgan fingerprint density at radius 3 is 2.50 bits per heavy atom. The molecule has 0 saturated carbocycles. The van der Waals surface area contributed by atoms with E-state index < -0.39 is 0 Å². The fourth-order valence-electron chi connectivity index (χ4n) is 2.50. The maximum Gasteiger partial charge on any atom is 0.0604 e. The molecule has 0 unspecified atom stereocenters. The molecule has 0 N–H and O–H groups in total. The lowest BCUT2D eigenvalue weighted by molar-refractivity contribution is 0.531. The van der Waals surface area contributed by atoms with Crippen LogP contribution in [0.5, 0.6) is 0 Å². The molecule has 0 aliphatic rings. The summed E-state index contributed by atoms with van der Waals surface area (Å²) in [7, 11) is -0.174. The van der Waals surface area contributed by atoms with E-state index in [1.54, 1.807) is 5.19 Å². The topological polar surface area (TPSA) is 0 Å². The van der Waals surface area contributed by atoms with E-state index in [0.29, 0.717) is 5.04 Å². The van der Waals surface area contributed by atoms with Gasteiger partial charge < -0.3 is 0 Å². The predicted molar refractivity (Wildman–Crippen MR) is 89.7 cm³/mol. The van der Waals surface area contributed by atoms with Crippen LogP contribution in [0.15, 0.2) is 28.7 Å². The van der Waals surface area contributed by atoms with Crippen LogP contribution < -0.4 is 5.19 Å². The standard InChI is InChI=1S/C16H27BrSi/c1-4-5-6-7-8-12-16(2,3)18-15-11-9-10-14(17)13-15/h9-11,13H,4-8,12,18H2,1-3H3.